The average molecular weight is 353 g/mol. The third-order valence-corrected chi connectivity index (χ3v) is 4.90. The molecule has 0 unspecified atom stereocenters. The van der Waals surface area contributed by atoms with E-state index in [2.05, 4.69) is 19.9 Å². The molecule has 1 fully saturated rings. The van der Waals surface area contributed by atoms with E-state index in [1.54, 1.807) is 16.2 Å². The lowest BCUT2D eigenvalue weighted by molar-refractivity contribution is 0.0784. The summed E-state index contributed by atoms with van der Waals surface area (Å²) in [6.45, 7) is 1.11. The Labute approximate surface area is 147 Å². The van der Waals surface area contributed by atoms with Gasteiger partial charge in [-0.3, -0.25) is 14.6 Å². The largest absolute Gasteiger partial charge is 0.337 e. The molecule has 4 heterocycles. The van der Waals surface area contributed by atoms with Crippen LogP contribution in [0.5, 0.6) is 0 Å². The highest BCUT2D eigenvalue weighted by Crippen LogP contribution is 2.27. The van der Waals surface area contributed by atoms with Gasteiger partial charge in [0.25, 0.3) is 11.5 Å². The Morgan fingerprint density at radius 2 is 2.28 bits per heavy atom. The van der Waals surface area contributed by atoms with Crippen LogP contribution in [-0.2, 0) is 0 Å². The zero-order chi connectivity index (χ0) is 17.2. The van der Waals surface area contributed by atoms with E-state index >= 15 is 0 Å². The van der Waals surface area contributed by atoms with Gasteiger partial charge in [0.2, 0.25) is 0 Å². The lowest BCUT2D eigenvalue weighted by Crippen LogP contribution is -2.29. The number of carbonyl (C=O) groups is 1. The predicted octanol–water partition coefficient (Wildman–Crippen LogP) is 1.92. The van der Waals surface area contributed by atoms with Gasteiger partial charge in [0.15, 0.2) is 0 Å². The lowest BCUT2D eigenvalue weighted by Gasteiger charge is -2.15. The molecule has 0 saturated carbocycles. The summed E-state index contributed by atoms with van der Waals surface area (Å²) in [5.41, 5.74) is 1.75. The maximum Gasteiger partial charge on any atom is 0.274 e. The highest BCUT2D eigenvalue weighted by molar-refractivity contribution is 7.08. The number of amides is 1. The maximum absolute atomic E-state index is 12.5. The molecule has 8 heteroatoms. The van der Waals surface area contributed by atoms with Crippen molar-refractivity contribution in [3.8, 4) is 11.3 Å². The van der Waals surface area contributed by atoms with Crippen molar-refractivity contribution >= 4 is 17.2 Å². The molecular weight excluding hydrogens is 338 g/mol. The Balaban J connectivity index is 1.56. The van der Waals surface area contributed by atoms with E-state index in [1.807, 2.05) is 16.8 Å². The maximum atomic E-state index is 12.5. The van der Waals surface area contributed by atoms with Crippen molar-refractivity contribution in [2.75, 3.05) is 13.1 Å². The van der Waals surface area contributed by atoms with Crippen molar-refractivity contribution in [3.63, 3.8) is 0 Å². The number of hydrogen-bond donors (Lipinski definition) is 1. The van der Waals surface area contributed by atoms with Crippen molar-refractivity contribution in [1.82, 2.24) is 24.8 Å². The quantitative estimate of drug-likeness (QED) is 0.777. The minimum absolute atomic E-state index is 0.00640. The molecule has 1 aliphatic rings. The van der Waals surface area contributed by atoms with Crippen LogP contribution in [-0.4, -0.2) is 43.8 Å². The number of thiophene rings is 1. The number of nitrogens with zero attached hydrogens (tertiary/aromatic N) is 4. The van der Waals surface area contributed by atoms with Gasteiger partial charge in [0.05, 0.1) is 11.9 Å². The molecule has 7 nitrogen and oxygen atoms in total. The second-order valence-corrected chi connectivity index (χ2v) is 6.64. The minimum Gasteiger partial charge on any atom is -0.337 e. The second-order valence-electron chi connectivity index (χ2n) is 5.86. The zero-order valence-corrected chi connectivity index (χ0v) is 14.1. The fraction of sp³-hybridized carbons (Fsp3) is 0.235. The standard InChI is InChI=1S/C17H15N5O2S/c23-15-7-13(12-2-6-25-10-12)20-16(21-15)11-1-5-22(9-11)17(24)14-8-18-3-4-19-14/h2-4,6-8,10-11H,1,5,9H2,(H,20,21,23)/t11-/m0/s1. The van der Waals surface area contributed by atoms with Gasteiger partial charge in [-0.25, -0.2) is 9.97 Å². The number of rotatable bonds is 3. The van der Waals surface area contributed by atoms with E-state index in [4.69, 9.17) is 0 Å². The van der Waals surface area contributed by atoms with Crippen LogP contribution in [0.3, 0.4) is 0 Å². The van der Waals surface area contributed by atoms with Crippen LogP contribution in [0.15, 0.2) is 46.3 Å². The van der Waals surface area contributed by atoms with Gasteiger partial charge < -0.3 is 9.88 Å². The van der Waals surface area contributed by atoms with Gasteiger partial charge in [-0.2, -0.15) is 11.3 Å². The molecule has 1 atom stereocenters. The number of likely N-dealkylation sites (tertiary alicyclic amines) is 1. The number of carbonyl (C=O) groups excluding carboxylic acids is 1. The van der Waals surface area contributed by atoms with Crippen molar-refractivity contribution < 1.29 is 4.79 Å². The number of H-pyrrole nitrogens is 1. The van der Waals surface area contributed by atoms with Crippen LogP contribution in [0.4, 0.5) is 0 Å². The first-order valence-electron chi connectivity index (χ1n) is 7.90. The van der Waals surface area contributed by atoms with Crippen LogP contribution >= 0.6 is 11.3 Å². The van der Waals surface area contributed by atoms with E-state index < -0.39 is 0 Å². The first-order chi connectivity index (χ1) is 12.2. The van der Waals surface area contributed by atoms with Crippen molar-refractivity contribution in [2.45, 2.75) is 12.3 Å². The third-order valence-electron chi connectivity index (χ3n) is 4.22. The normalized spacial score (nSPS) is 17.0. The molecule has 3 aromatic heterocycles. The molecule has 0 radical (unpaired) electrons. The van der Waals surface area contributed by atoms with Crippen LogP contribution in [0, 0.1) is 0 Å². The van der Waals surface area contributed by atoms with Crippen molar-refractivity contribution in [1.29, 1.82) is 0 Å². The molecule has 1 saturated heterocycles. The summed E-state index contributed by atoms with van der Waals surface area (Å²) in [4.78, 5) is 41.6. The third kappa shape index (κ3) is 3.20. The first kappa shape index (κ1) is 15.6. The summed E-state index contributed by atoms with van der Waals surface area (Å²) in [7, 11) is 0. The number of aromatic nitrogens is 4. The molecule has 4 rings (SSSR count). The number of aromatic amines is 1. The number of hydrogen-bond acceptors (Lipinski definition) is 6. The molecule has 1 amide bonds. The Morgan fingerprint density at radius 1 is 1.36 bits per heavy atom. The smallest absolute Gasteiger partial charge is 0.274 e. The molecule has 0 spiro atoms. The highest BCUT2D eigenvalue weighted by atomic mass is 32.1. The van der Waals surface area contributed by atoms with E-state index in [9.17, 15) is 9.59 Å². The Morgan fingerprint density at radius 3 is 3.04 bits per heavy atom. The molecule has 0 aliphatic carbocycles. The minimum atomic E-state index is -0.176. The first-order valence-corrected chi connectivity index (χ1v) is 8.84. The summed E-state index contributed by atoms with van der Waals surface area (Å²) in [6.07, 6.45) is 5.26. The highest BCUT2D eigenvalue weighted by Gasteiger charge is 2.30. The molecular formula is C17H15N5O2S. The molecule has 1 aliphatic heterocycles. The molecule has 25 heavy (non-hydrogen) atoms. The van der Waals surface area contributed by atoms with Crippen LogP contribution in [0.1, 0.15) is 28.7 Å². The lowest BCUT2D eigenvalue weighted by atomic mass is 10.1. The monoisotopic (exact) mass is 353 g/mol. The molecule has 3 aromatic rings. The van der Waals surface area contributed by atoms with E-state index in [0.717, 1.165) is 12.0 Å². The Hall–Kier alpha value is -2.87. The molecule has 0 bridgehead atoms. The Bertz CT molecular complexity index is 939. The summed E-state index contributed by atoms with van der Waals surface area (Å²) >= 11 is 1.56. The fourth-order valence-corrected chi connectivity index (χ4v) is 3.62. The van der Waals surface area contributed by atoms with Gasteiger partial charge >= 0.3 is 0 Å². The summed E-state index contributed by atoms with van der Waals surface area (Å²) in [6, 6.07) is 3.44. The van der Waals surface area contributed by atoms with Crippen LogP contribution in [0.2, 0.25) is 0 Å². The fourth-order valence-electron chi connectivity index (χ4n) is 2.97. The Kier molecular flexibility index (Phi) is 4.10. The zero-order valence-electron chi connectivity index (χ0n) is 13.3. The van der Waals surface area contributed by atoms with E-state index in [-0.39, 0.29) is 17.4 Å². The topological polar surface area (TPSA) is 91.8 Å². The summed E-state index contributed by atoms with van der Waals surface area (Å²) in [5.74, 6) is 0.488. The predicted molar refractivity (Wildman–Crippen MR) is 93.5 cm³/mol. The number of nitrogens with one attached hydrogen (secondary N) is 1. The summed E-state index contributed by atoms with van der Waals surface area (Å²) < 4.78 is 0. The van der Waals surface area contributed by atoms with Gasteiger partial charge in [0, 0.05) is 48.4 Å². The SMILES string of the molecule is O=C(c1cnccn1)N1CC[C@H](c2nc(-c3ccsc3)cc(=O)[nH]2)C1. The second kappa shape index (κ2) is 6.56. The van der Waals surface area contributed by atoms with Gasteiger partial charge in [-0.1, -0.05) is 0 Å². The molecule has 1 N–H and O–H groups in total. The van der Waals surface area contributed by atoms with Crippen molar-refractivity contribution in [2.24, 2.45) is 0 Å². The average Bonchev–Trinajstić information content (AvgIpc) is 3.33. The van der Waals surface area contributed by atoms with Crippen LogP contribution < -0.4 is 5.56 Å². The van der Waals surface area contributed by atoms with Crippen molar-refractivity contribution in [3.05, 3.63) is 63.4 Å². The van der Waals surface area contributed by atoms with E-state index in [1.165, 1.54) is 24.7 Å². The van der Waals surface area contributed by atoms with E-state index in [0.29, 0.717) is 30.3 Å². The van der Waals surface area contributed by atoms with Gasteiger partial charge in [-0.15, -0.1) is 0 Å². The van der Waals surface area contributed by atoms with Gasteiger partial charge in [-0.05, 0) is 17.9 Å². The van der Waals surface area contributed by atoms with Crippen LogP contribution in [0.25, 0.3) is 11.3 Å². The van der Waals surface area contributed by atoms with Gasteiger partial charge in [0.1, 0.15) is 11.5 Å². The summed E-state index contributed by atoms with van der Waals surface area (Å²) in [5, 5.41) is 3.92. The molecule has 0 aromatic carbocycles. The molecule has 126 valence electrons.